The molecule has 0 aliphatic rings. The van der Waals surface area contributed by atoms with Crippen molar-refractivity contribution in [3.05, 3.63) is 70.8 Å². The molecule has 112 valence electrons. The maximum absolute atomic E-state index is 2.26. The van der Waals surface area contributed by atoms with E-state index in [0.717, 1.165) is 6.42 Å². The van der Waals surface area contributed by atoms with Gasteiger partial charge in [-0.1, -0.05) is 89.2 Å². The minimum atomic E-state index is 0. The van der Waals surface area contributed by atoms with Crippen molar-refractivity contribution in [2.75, 3.05) is 0 Å². The van der Waals surface area contributed by atoms with Gasteiger partial charge in [-0.2, -0.15) is 0 Å². The van der Waals surface area contributed by atoms with Gasteiger partial charge in [-0.25, -0.2) is 0 Å². The van der Waals surface area contributed by atoms with E-state index in [4.69, 9.17) is 0 Å². The van der Waals surface area contributed by atoms with Crippen molar-refractivity contribution in [2.45, 2.75) is 55.4 Å². The third kappa shape index (κ3) is 7.13. The lowest BCUT2D eigenvalue weighted by atomic mass is 10.00. The Labute approximate surface area is 126 Å². The van der Waals surface area contributed by atoms with Gasteiger partial charge in [0.25, 0.3) is 0 Å². The fourth-order valence-electron chi connectivity index (χ4n) is 1.85. The number of rotatable bonds is 2. The molecule has 0 N–H and O–H groups in total. The Morgan fingerprint density at radius 1 is 0.750 bits per heavy atom. The lowest BCUT2D eigenvalue weighted by Crippen LogP contribution is -1.91. The Balaban J connectivity index is 0. The van der Waals surface area contributed by atoms with Gasteiger partial charge in [-0.05, 0) is 37.0 Å². The number of benzene rings is 2. The summed E-state index contributed by atoms with van der Waals surface area (Å²) in [6, 6.07) is 17.3. The maximum atomic E-state index is 2.26. The molecule has 0 heteroatoms. The molecule has 0 saturated carbocycles. The zero-order valence-corrected chi connectivity index (χ0v) is 13.3. The lowest BCUT2D eigenvalue weighted by Gasteiger charge is -2.06. The molecule has 0 amide bonds. The molecule has 0 saturated heterocycles. The fourth-order valence-corrected chi connectivity index (χ4v) is 1.85. The van der Waals surface area contributed by atoms with Crippen LogP contribution in [0.4, 0.5) is 0 Å². The lowest BCUT2D eigenvalue weighted by molar-refractivity contribution is 1.15. The highest BCUT2D eigenvalue weighted by atomic mass is 14.0. The molecule has 0 atom stereocenters. The van der Waals surface area contributed by atoms with Gasteiger partial charge in [0, 0.05) is 0 Å². The van der Waals surface area contributed by atoms with Crippen molar-refractivity contribution in [3.63, 3.8) is 0 Å². The molecular formula is C20H32. The van der Waals surface area contributed by atoms with Crippen molar-refractivity contribution in [1.29, 1.82) is 0 Å². The number of aryl methyl sites for hydroxylation is 2. The Bertz CT molecular complexity index is 455. The van der Waals surface area contributed by atoms with E-state index in [1.807, 2.05) is 27.7 Å². The van der Waals surface area contributed by atoms with E-state index in [1.165, 1.54) is 22.3 Å². The Kier molecular flexibility index (Phi) is 12.9. The van der Waals surface area contributed by atoms with Crippen molar-refractivity contribution < 1.29 is 0 Å². The molecule has 0 nitrogen and oxygen atoms in total. The zero-order valence-electron chi connectivity index (χ0n) is 13.3. The minimum Gasteiger partial charge on any atom is -0.0776 e. The molecule has 0 aliphatic heterocycles. The summed E-state index contributed by atoms with van der Waals surface area (Å²) >= 11 is 0. The molecule has 0 bridgehead atoms. The van der Waals surface area contributed by atoms with E-state index in [0.29, 0.717) is 0 Å². The van der Waals surface area contributed by atoms with Crippen molar-refractivity contribution in [3.8, 4) is 0 Å². The van der Waals surface area contributed by atoms with Crippen LogP contribution in [0.3, 0.4) is 0 Å². The monoisotopic (exact) mass is 272 g/mol. The highest BCUT2D eigenvalue weighted by Crippen LogP contribution is 2.14. The molecule has 2 aromatic carbocycles. The molecule has 2 rings (SSSR count). The summed E-state index contributed by atoms with van der Waals surface area (Å²) in [5.74, 6) is 0. The van der Waals surface area contributed by atoms with Gasteiger partial charge < -0.3 is 0 Å². The molecule has 0 spiro atoms. The first-order valence-corrected chi connectivity index (χ1v) is 7.36. The Hall–Kier alpha value is -1.56. The number of hydrogen-bond donors (Lipinski definition) is 0. The average molecular weight is 272 g/mol. The summed E-state index contributed by atoms with van der Waals surface area (Å²) in [4.78, 5) is 0. The van der Waals surface area contributed by atoms with Crippen LogP contribution in [0.1, 0.15) is 57.4 Å². The van der Waals surface area contributed by atoms with Gasteiger partial charge in [0.05, 0.1) is 0 Å². The predicted octanol–water partition coefficient (Wildman–Crippen LogP) is 6.58. The summed E-state index contributed by atoms with van der Waals surface area (Å²) in [7, 11) is 0. The van der Waals surface area contributed by atoms with Gasteiger partial charge >= 0.3 is 0 Å². The van der Waals surface area contributed by atoms with E-state index in [9.17, 15) is 0 Å². The third-order valence-corrected chi connectivity index (χ3v) is 2.74. The Morgan fingerprint density at radius 2 is 1.35 bits per heavy atom. The molecule has 0 unspecified atom stereocenters. The van der Waals surface area contributed by atoms with E-state index < -0.39 is 0 Å². The Morgan fingerprint density at radius 3 is 1.90 bits per heavy atom. The van der Waals surface area contributed by atoms with Gasteiger partial charge in [-0.15, -0.1) is 0 Å². The molecule has 0 fully saturated rings. The molecule has 0 aliphatic carbocycles. The van der Waals surface area contributed by atoms with Crippen LogP contribution >= 0.6 is 0 Å². The van der Waals surface area contributed by atoms with Crippen LogP contribution in [0.2, 0.25) is 0 Å². The summed E-state index contributed by atoms with van der Waals surface area (Å²) in [6.45, 7) is 12.3. The van der Waals surface area contributed by atoms with Crippen LogP contribution in [0, 0.1) is 13.8 Å². The summed E-state index contributed by atoms with van der Waals surface area (Å²) < 4.78 is 0. The third-order valence-electron chi connectivity index (χ3n) is 2.74. The van der Waals surface area contributed by atoms with E-state index in [1.54, 1.807) is 0 Å². The average Bonchev–Trinajstić information content (AvgIpc) is 2.46. The maximum Gasteiger partial charge on any atom is -0.00231 e. The summed E-state index contributed by atoms with van der Waals surface area (Å²) in [6.07, 6.45) is 1.04. The highest BCUT2D eigenvalue weighted by Gasteiger charge is 1.98. The van der Waals surface area contributed by atoms with Gasteiger partial charge in [0.15, 0.2) is 0 Å². The second-order valence-corrected chi connectivity index (χ2v) is 4.09. The quantitative estimate of drug-likeness (QED) is 0.579. The first-order valence-electron chi connectivity index (χ1n) is 7.36. The van der Waals surface area contributed by atoms with E-state index in [-0.39, 0.29) is 7.43 Å². The number of hydrogen-bond acceptors (Lipinski definition) is 0. The molecule has 20 heavy (non-hydrogen) atoms. The standard InChI is InChI=1S/C15H16.2C2H6.CH4/c1-12-6-5-8-14(10-12)11-15-9-4-3-7-13(15)2;2*1-2;/h3-10H,11H2,1-2H3;2*1-2H3;1H4. The molecule has 0 heterocycles. The normalized spacial score (nSPS) is 8.30. The first kappa shape index (κ1) is 20.8. The second kappa shape index (κ2) is 12.5. The van der Waals surface area contributed by atoms with Crippen LogP contribution in [0.5, 0.6) is 0 Å². The van der Waals surface area contributed by atoms with Gasteiger partial charge in [0.2, 0.25) is 0 Å². The fraction of sp³-hybridized carbons (Fsp3) is 0.400. The van der Waals surface area contributed by atoms with Crippen LogP contribution in [0.15, 0.2) is 48.5 Å². The van der Waals surface area contributed by atoms with Crippen LogP contribution in [-0.2, 0) is 6.42 Å². The molecule has 0 aromatic heterocycles. The largest absolute Gasteiger partial charge is 0.0776 e. The topological polar surface area (TPSA) is 0 Å². The van der Waals surface area contributed by atoms with Crippen molar-refractivity contribution in [2.24, 2.45) is 0 Å². The van der Waals surface area contributed by atoms with Crippen LogP contribution in [0.25, 0.3) is 0 Å². The summed E-state index contributed by atoms with van der Waals surface area (Å²) in [5, 5.41) is 0. The van der Waals surface area contributed by atoms with Gasteiger partial charge in [-0.3, -0.25) is 0 Å². The zero-order chi connectivity index (χ0) is 14.7. The molecular weight excluding hydrogens is 240 g/mol. The SMILES string of the molecule is C.CC.CC.Cc1cccc(Cc2ccccc2C)c1. The molecule has 2 aromatic rings. The predicted molar refractivity (Wildman–Crippen MR) is 94.6 cm³/mol. The second-order valence-electron chi connectivity index (χ2n) is 4.09. The highest BCUT2D eigenvalue weighted by molar-refractivity contribution is 5.33. The minimum absolute atomic E-state index is 0. The smallest absolute Gasteiger partial charge is 0.00231 e. The summed E-state index contributed by atoms with van der Waals surface area (Å²) in [5.41, 5.74) is 5.52. The first-order chi connectivity index (χ1) is 9.25. The van der Waals surface area contributed by atoms with E-state index >= 15 is 0 Å². The molecule has 0 radical (unpaired) electrons. The van der Waals surface area contributed by atoms with Gasteiger partial charge in [0.1, 0.15) is 0 Å². The van der Waals surface area contributed by atoms with E-state index in [2.05, 4.69) is 62.4 Å². The van der Waals surface area contributed by atoms with Crippen molar-refractivity contribution in [1.82, 2.24) is 0 Å². The van der Waals surface area contributed by atoms with Crippen molar-refractivity contribution >= 4 is 0 Å². The van der Waals surface area contributed by atoms with Crippen LogP contribution < -0.4 is 0 Å². The van der Waals surface area contributed by atoms with Crippen LogP contribution in [-0.4, -0.2) is 0 Å².